The topological polar surface area (TPSA) is 83.1 Å². The fraction of sp³-hybridized carbons (Fsp3) is 0.500. The lowest BCUT2D eigenvalue weighted by Crippen LogP contribution is -2.40. The van der Waals surface area contributed by atoms with Gasteiger partial charge in [0.15, 0.2) is 0 Å². The summed E-state index contributed by atoms with van der Waals surface area (Å²) in [4.78, 5) is 29.0. The van der Waals surface area contributed by atoms with E-state index >= 15 is 0 Å². The van der Waals surface area contributed by atoms with Crippen LogP contribution in [0.3, 0.4) is 0 Å². The van der Waals surface area contributed by atoms with Gasteiger partial charge in [-0.15, -0.1) is 0 Å². The number of morpholine rings is 1. The number of anilines is 3. The Morgan fingerprint density at radius 3 is 2.51 bits per heavy atom. The van der Waals surface area contributed by atoms with Crippen molar-refractivity contribution in [2.75, 3.05) is 74.8 Å². The van der Waals surface area contributed by atoms with E-state index in [-0.39, 0.29) is 6.03 Å². The SMILES string of the molecule is COC[C@H]1CCCN1c1ccc2c(C3CCN(C(=O)Nc4ccc(N5CCOCC5)cc4)CC3)ncnc2c1. The van der Waals surface area contributed by atoms with Gasteiger partial charge in [0.2, 0.25) is 0 Å². The normalized spacial score (nSPS) is 20.5. The molecule has 0 spiro atoms. The van der Waals surface area contributed by atoms with E-state index in [1.165, 1.54) is 12.1 Å². The van der Waals surface area contributed by atoms with E-state index in [0.29, 0.717) is 25.0 Å². The number of likely N-dealkylation sites (tertiary alicyclic amines) is 1. The molecule has 206 valence electrons. The number of piperidine rings is 1. The van der Waals surface area contributed by atoms with Crippen molar-refractivity contribution >= 4 is 34.0 Å². The molecule has 0 unspecified atom stereocenters. The van der Waals surface area contributed by atoms with Gasteiger partial charge in [-0.3, -0.25) is 0 Å². The third kappa shape index (κ3) is 5.65. The van der Waals surface area contributed by atoms with Gasteiger partial charge in [-0.25, -0.2) is 14.8 Å². The highest BCUT2D eigenvalue weighted by molar-refractivity contribution is 5.90. The molecule has 0 aliphatic carbocycles. The largest absolute Gasteiger partial charge is 0.383 e. The maximum absolute atomic E-state index is 13.0. The predicted molar refractivity (Wildman–Crippen MR) is 154 cm³/mol. The molecular formula is C30H38N6O3. The van der Waals surface area contributed by atoms with Crippen LogP contribution in [-0.4, -0.2) is 86.6 Å². The quantitative estimate of drug-likeness (QED) is 0.503. The van der Waals surface area contributed by atoms with Crippen LogP contribution in [0.2, 0.25) is 0 Å². The van der Waals surface area contributed by atoms with Crippen LogP contribution < -0.4 is 15.1 Å². The Balaban J connectivity index is 1.07. The van der Waals surface area contributed by atoms with E-state index in [1.807, 2.05) is 17.0 Å². The summed E-state index contributed by atoms with van der Waals surface area (Å²) in [5, 5.41) is 4.19. The number of fused-ring (bicyclic) bond motifs is 1. The molecule has 3 aromatic rings. The standard InChI is InChI=1S/C30H38N6O3/c1-38-20-26-3-2-12-36(26)25-8-9-27-28(19-25)31-21-32-29(27)22-10-13-35(14-11-22)30(37)33-23-4-6-24(7-5-23)34-15-17-39-18-16-34/h4-9,19,21-22,26H,2-3,10-18,20H2,1H3,(H,33,37)/t26-/m1/s1. The summed E-state index contributed by atoms with van der Waals surface area (Å²) >= 11 is 0. The summed E-state index contributed by atoms with van der Waals surface area (Å²) in [6.07, 6.45) is 5.82. The maximum atomic E-state index is 13.0. The van der Waals surface area contributed by atoms with Crippen molar-refractivity contribution in [1.82, 2.24) is 14.9 Å². The first kappa shape index (κ1) is 25.8. The van der Waals surface area contributed by atoms with Crippen molar-refractivity contribution in [2.24, 2.45) is 0 Å². The molecule has 0 bridgehead atoms. The minimum Gasteiger partial charge on any atom is -0.383 e. The lowest BCUT2D eigenvalue weighted by Gasteiger charge is -2.32. The number of carbonyl (C=O) groups excluding carboxylic acids is 1. The molecule has 39 heavy (non-hydrogen) atoms. The highest BCUT2D eigenvalue weighted by atomic mass is 16.5. The molecular weight excluding hydrogens is 492 g/mol. The summed E-state index contributed by atoms with van der Waals surface area (Å²) in [7, 11) is 1.77. The number of ether oxygens (including phenoxy) is 2. The van der Waals surface area contributed by atoms with Gasteiger partial charge >= 0.3 is 6.03 Å². The van der Waals surface area contributed by atoms with Gasteiger partial charge in [0.1, 0.15) is 6.33 Å². The molecule has 4 heterocycles. The first-order chi connectivity index (χ1) is 19.2. The Labute approximate surface area is 230 Å². The molecule has 1 atom stereocenters. The smallest absolute Gasteiger partial charge is 0.321 e. The monoisotopic (exact) mass is 530 g/mol. The molecule has 0 saturated carbocycles. The lowest BCUT2D eigenvalue weighted by molar-refractivity contribution is 0.122. The van der Waals surface area contributed by atoms with Crippen LogP contribution >= 0.6 is 0 Å². The number of urea groups is 1. The summed E-state index contributed by atoms with van der Waals surface area (Å²) in [5.41, 5.74) is 5.27. The van der Waals surface area contributed by atoms with Gasteiger partial charge in [-0.2, -0.15) is 0 Å². The molecule has 2 aromatic carbocycles. The zero-order chi connectivity index (χ0) is 26.6. The minimum atomic E-state index is -0.0408. The molecule has 3 aliphatic heterocycles. The molecule has 1 aromatic heterocycles. The molecule has 9 nitrogen and oxygen atoms in total. The Morgan fingerprint density at radius 2 is 1.74 bits per heavy atom. The van der Waals surface area contributed by atoms with Gasteiger partial charge in [-0.1, -0.05) is 0 Å². The highest BCUT2D eigenvalue weighted by Gasteiger charge is 2.28. The molecule has 3 aliphatic rings. The number of aromatic nitrogens is 2. The van der Waals surface area contributed by atoms with Crippen molar-refractivity contribution < 1.29 is 14.3 Å². The van der Waals surface area contributed by atoms with Gasteiger partial charge in [-0.05, 0) is 68.1 Å². The zero-order valence-corrected chi connectivity index (χ0v) is 22.7. The second kappa shape index (κ2) is 11.8. The number of carbonyl (C=O) groups is 1. The number of amides is 2. The Bertz CT molecular complexity index is 1270. The van der Waals surface area contributed by atoms with E-state index in [1.54, 1.807) is 13.4 Å². The number of rotatable bonds is 6. The van der Waals surface area contributed by atoms with Crippen molar-refractivity contribution in [3.05, 3.63) is 54.5 Å². The van der Waals surface area contributed by atoms with Crippen LogP contribution in [-0.2, 0) is 9.47 Å². The average Bonchev–Trinajstić information content (AvgIpc) is 3.46. The molecule has 9 heteroatoms. The van der Waals surface area contributed by atoms with Crippen molar-refractivity contribution in [3.8, 4) is 0 Å². The number of nitrogens with zero attached hydrogens (tertiary/aromatic N) is 5. The zero-order valence-electron chi connectivity index (χ0n) is 22.7. The maximum Gasteiger partial charge on any atom is 0.321 e. The fourth-order valence-electron chi connectivity index (χ4n) is 6.25. The third-order valence-corrected chi connectivity index (χ3v) is 8.38. The van der Waals surface area contributed by atoms with Crippen LogP contribution in [0.5, 0.6) is 0 Å². The Hall–Kier alpha value is -3.43. The Morgan fingerprint density at radius 1 is 0.974 bits per heavy atom. The van der Waals surface area contributed by atoms with Crippen molar-refractivity contribution in [3.63, 3.8) is 0 Å². The van der Waals surface area contributed by atoms with Crippen LogP contribution in [0.25, 0.3) is 10.9 Å². The first-order valence-corrected chi connectivity index (χ1v) is 14.2. The Kier molecular flexibility index (Phi) is 7.78. The number of benzene rings is 2. The van der Waals surface area contributed by atoms with Crippen LogP contribution in [0, 0.1) is 0 Å². The summed E-state index contributed by atoms with van der Waals surface area (Å²) < 4.78 is 10.9. The highest BCUT2D eigenvalue weighted by Crippen LogP contribution is 2.34. The van der Waals surface area contributed by atoms with E-state index < -0.39 is 0 Å². The molecule has 0 radical (unpaired) electrons. The third-order valence-electron chi connectivity index (χ3n) is 8.38. The molecule has 2 amide bonds. The van der Waals surface area contributed by atoms with Crippen molar-refractivity contribution in [1.29, 1.82) is 0 Å². The first-order valence-electron chi connectivity index (χ1n) is 14.2. The van der Waals surface area contributed by atoms with E-state index in [2.05, 4.69) is 50.4 Å². The number of hydrogen-bond donors (Lipinski definition) is 1. The summed E-state index contributed by atoms with van der Waals surface area (Å²) in [6.45, 7) is 6.53. The van der Waals surface area contributed by atoms with Crippen LogP contribution in [0.15, 0.2) is 48.8 Å². The predicted octanol–water partition coefficient (Wildman–Crippen LogP) is 4.49. The van der Waals surface area contributed by atoms with E-state index in [0.717, 1.165) is 86.7 Å². The molecule has 6 rings (SSSR count). The van der Waals surface area contributed by atoms with Gasteiger partial charge in [0, 0.05) is 68.2 Å². The number of nitrogens with one attached hydrogen (secondary N) is 1. The van der Waals surface area contributed by atoms with E-state index in [4.69, 9.17) is 14.5 Å². The van der Waals surface area contributed by atoms with Crippen molar-refractivity contribution in [2.45, 2.75) is 37.6 Å². The number of hydrogen-bond acceptors (Lipinski definition) is 7. The minimum absolute atomic E-state index is 0.0408. The van der Waals surface area contributed by atoms with Gasteiger partial charge in [0.05, 0.1) is 37.1 Å². The second-order valence-electron chi connectivity index (χ2n) is 10.7. The van der Waals surface area contributed by atoms with Gasteiger partial charge < -0.3 is 29.5 Å². The lowest BCUT2D eigenvalue weighted by atomic mass is 9.91. The van der Waals surface area contributed by atoms with Crippen LogP contribution in [0.4, 0.5) is 21.9 Å². The number of methoxy groups -OCH3 is 1. The molecule has 1 N–H and O–H groups in total. The molecule has 3 fully saturated rings. The fourth-order valence-corrected chi connectivity index (χ4v) is 6.25. The molecule has 3 saturated heterocycles. The second-order valence-corrected chi connectivity index (χ2v) is 10.7. The summed E-state index contributed by atoms with van der Waals surface area (Å²) in [6, 6.07) is 15.1. The van der Waals surface area contributed by atoms with Gasteiger partial charge in [0.25, 0.3) is 0 Å². The summed E-state index contributed by atoms with van der Waals surface area (Å²) in [5.74, 6) is 0.311. The van der Waals surface area contributed by atoms with Crippen LogP contribution in [0.1, 0.15) is 37.3 Å². The average molecular weight is 531 g/mol. The van der Waals surface area contributed by atoms with E-state index in [9.17, 15) is 4.79 Å².